The zero-order valence-electron chi connectivity index (χ0n) is 10.7. The van der Waals surface area contributed by atoms with E-state index in [1.54, 1.807) is 6.07 Å². The second kappa shape index (κ2) is 4.91. The Morgan fingerprint density at radius 3 is 2.80 bits per heavy atom. The minimum atomic E-state index is -0.576. The molecule has 0 N–H and O–H groups in total. The summed E-state index contributed by atoms with van der Waals surface area (Å²) in [7, 11) is 1.89. The van der Waals surface area contributed by atoms with Crippen molar-refractivity contribution in [1.29, 1.82) is 5.26 Å². The molecule has 3 rings (SSSR count). The lowest BCUT2D eigenvalue weighted by Gasteiger charge is -2.08. The fourth-order valence-corrected chi connectivity index (χ4v) is 2.34. The number of para-hydroxylation sites is 2. The fraction of sp³-hybridized carbons (Fsp3) is 0.143. The van der Waals surface area contributed by atoms with Crippen molar-refractivity contribution in [2.45, 2.75) is 5.92 Å². The highest BCUT2D eigenvalue weighted by Gasteiger charge is 2.21. The largest absolute Gasteiger partial charge is 0.330 e. The van der Waals surface area contributed by atoms with Gasteiger partial charge in [-0.05, 0) is 18.2 Å². The average Bonchev–Trinajstić information content (AvgIpc) is 2.78. The number of rotatable bonds is 2. The first-order valence-electron chi connectivity index (χ1n) is 5.99. The lowest BCUT2D eigenvalue weighted by atomic mass is 10.1. The van der Waals surface area contributed by atoms with Gasteiger partial charge >= 0.3 is 0 Å². The van der Waals surface area contributed by atoms with Gasteiger partial charge in [0.25, 0.3) is 0 Å². The highest BCUT2D eigenvalue weighted by molar-refractivity contribution is 6.29. The van der Waals surface area contributed by atoms with E-state index in [1.807, 2.05) is 35.9 Å². The maximum absolute atomic E-state index is 9.47. The number of hydrogen-bond donors (Lipinski definition) is 0. The molecular formula is C14H10ClN5. The average molecular weight is 284 g/mol. The van der Waals surface area contributed by atoms with E-state index in [0.717, 1.165) is 11.0 Å². The van der Waals surface area contributed by atoms with Crippen LogP contribution in [0.1, 0.15) is 17.4 Å². The first-order valence-corrected chi connectivity index (χ1v) is 6.37. The summed E-state index contributed by atoms with van der Waals surface area (Å²) in [5, 5.41) is 9.78. The number of imidazole rings is 1. The molecule has 0 aliphatic carbocycles. The van der Waals surface area contributed by atoms with Gasteiger partial charge in [-0.25, -0.2) is 15.0 Å². The third-order valence-corrected chi connectivity index (χ3v) is 3.37. The predicted octanol–water partition coefficient (Wildman–Crippen LogP) is 2.67. The van der Waals surface area contributed by atoms with E-state index in [0.29, 0.717) is 16.7 Å². The molecule has 0 aliphatic rings. The van der Waals surface area contributed by atoms with Gasteiger partial charge in [-0.1, -0.05) is 23.7 Å². The summed E-state index contributed by atoms with van der Waals surface area (Å²) < 4.78 is 1.90. The molecule has 6 heteroatoms. The Balaban J connectivity index is 2.17. The second-order valence-corrected chi connectivity index (χ2v) is 4.73. The van der Waals surface area contributed by atoms with Crippen LogP contribution in [-0.2, 0) is 7.05 Å². The van der Waals surface area contributed by atoms with Crippen molar-refractivity contribution in [2.24, 2.45) is 7.05 Å². The van der Waals surface area contributed by atoms with Crippen molar-refractivity contribution in [2.75, 3.05) is 0 Å². The maximum Gasteiger partial charge on any atom is 0.146 e. The zero-order chi connectivity index (χ0) is 14.1. The highest BCUT2D eigenvalue weighted by atomic mass is 35.5. The van der Waals surface area contributed by atoms with Crippen molar-refractivity contribution in [3.63, 3.8) is 0 Å². The Hall–Kier alpha value is -2.45. The Bertz CT molecular complexity index is 818. The summed E-state index contributed by atoms with van der Waals surface area (Å²) in [5.41, 5.74) is 2.37. The topological polar surface area (TPSA) is 67.4 Å². The maximum atomic E-state index is 9.47. The highest BCUT2D eigenvalue weighted by Crippen LogP contribution is 2.25. The van der Waals surface area contributed by atoms with E-state index in [9.17, 15) is 5.26 Å². The second-order valence-electron chi connectivity index (χ2n) is 4.35. The van der Waals surface area contributed by atoms with Gasteiger partial charge in [-0.3, -0.25) is 0 Å². The van der Waals surface area contributed by atoms with Gasteiger partial charge < -0.3 is 4.57 Å². The van der Waals surface area contributed by atoms with E-state index >= 15 is 0 Å². The molecule has 1 unspecified atom stereocenters. The zero-order valence-corrected chi connectivity index (χ0v) is 11.4. The van der Waals surface area contributed by atoms with Gasteiger partial charge in [0, 0.05) is 7.05 Å². The number of aromatic nitrogens is 4. The molecule has 2 aromatic heterocycles. The van der Waals surface area contributed by atoms with E-state index in [2.05, 4.69) is 21.0 Å². The van der Waals surface area contributed by atoms with Crippen molar-refractivity contribution >= 4 is 22.6 Å². The molecule has 0 amide bonds. The fourth-order valence-electron chi connectivity index (χ4n) is 2.18. The molecule has 1 atom stereocenters. The molecule has 2 heterocycles. The Labute approximate surface area is 120 Å². The molecule has 3 aromatic rings. The van der Waals surface area contributed by atoms with Crippen LogP contribution >= 0.6 is 11.6 Å². The molecule has 5 nitrogen and oxygen atoms in total. The Morgan fingerprint density at radius 1 is 1.30 bits per heavy atom. The van der Waals surface area contributed by atoms with Crippen molar-refractivity contribution in [1.82, 2.24) is 19.5 Å². The molecule has 0 bridgehead atoms. The number of nitrogens with zero attached hydrogens (tertiary/aromatic N) is 5. The lowest BCUT2D eigenvalue weighted by molar-refractivity contribution is 0.782. The molecule has 0 radical (unpaired) electrons. The quantitative estimate of drug-likeness (QED) is 0.678. The third kappa shape index (κ3) is 2.00. The number of fused-ring (bicyclic) bond motifs is 1. The molecule has 0 saturated heterocycles. The van der Waals surface area contributed by atoms with Crippen LogP contribution in [0.5, 0.6) is 0 Å². The van der Waals surface area contributed by atoms with Crippen LogP contribution in [0.4, 0.5) is 0 Å². The number of hydrogen-bond acceptors (Lipinski definition) is 4. The van der Waals surface area contributed by atoms with E-state index < -0.39 is 5.92 Å². The molecule has 98 valence electrons. The molecule has 0 fully saturated rings. The van der Waals surface area contributed by atoms with Crippen molar-refractivity contribution in [3.05, 3.63) is 53.3 Å². The Morgan fingerprint density at radius 2 is 2.10 bits per heavy atom. The molecule has 0 aliphatic heterocycles. The van der Waals surface area contributed by atoms with Gasteiger partial charge in [-0.15, -0.1) is 0 Å². The number of halogens is 1. The normalized spacial score (nSPS) is 12.2. The predicted molar refractivity (Wildman–Crippen MR) is 75.2 cm³/mol. The van der Waals surface area contributed by atoms with Gasteiger partial charge in [0.1, 0.15) is 23.2 Å². The van der Waals surface area contributed by atoms with Crippen LogP contribution in [0.3, 0.4) is 0 Å². The number of benzene rings is 1. The van der Waals surface area contributed by atoms with Crippen LogP contribution < -0.4 is 0 Å². The monoisotopic (exact) mass is 283 g/mol. The van der Waals surface area contributed by atoms with Crippen LogP contribution in [0.25, 0.3) is 11.0 Å². The van der Waals surface area contributed by atoms with E-state index in [1.165, 1.54) is 6.33 Å². The first-order chi connectivity index (χ1) is 9.70. The molecule has 0 spiro atoms. The van der Waals surface area contributed by atoms with Gasteiger partial charge in [0.05, 0.1) is 22.8 Å². The standard InChI is InChI=1S/C14H10ClN5/c1-20-12-5-3-2-4-10(12)19-14(20)9(7-16)11-6-13(15)18-8-17-11/h2-6,8-9H,1H3. The minimum Gasteiger partial charge on any atom is -0.330 e. The van der Waals surface area contributed by atoms with Crippen molar-refractivity contribution < 1.29 is 0 Å². The van der Waals surface area contributed by atoms with Gasteiger partial charge in [0.15, 0.2) is 0 Å². The minimum absolute atomic E-state index is 0.314. The summed E-state index contributed by atoms with van der Waals surface area (Å²) >= 11 is 5.86. The summed E-state index contributed by atoms with van der Waals surface area (Å²) in [4.78, 5) is 12.5. The molecule has 1 aromatic carbocycles. The number of nitriles is 1. The van der Waals surface area contributed by atoms with Crippen LogP contribution in [0.15, 0.2) is 36.7 Å². The Kier molecular flexibility index (Phi) is 3.09. The SMILES string of the molecule is Cn1c(C(C#N)c2cc(Cl)ncn2)nc2ccccc21. The van der Waals surface area contributed by atoms with Crippen LogP contribution in [0.2, 0.25) is 5.15 Å². The van der Waals surface area contributed by atoms with Gasteiger partial charge in [-0.2, -0.15) is 5.26 Å². The molecule has 20 heavy (non-hydrogen) atoms. The number of aryl methyl sites for hydroxylation is 1. The van der Waals surface area contributed by atoms with Crippen LogP contribution in [0, 0.1) is 11.3 Å². The molecule has 0 saturated carbocycles. The third-order valence-electron chi connectivity index (χ3n) is 3.16. The van der Waals surface area contributed by atoms with Gasteiger partial charge in [0.2, 0.25) is 0 Å². The summed E-state index contributed by atoms with van der Waals surface area (Å²) in [6.07, 6.45) is 1.35. The van der Waals surface area contributed by atoms with E-state index in [4.69, 9.17) is 11.6 Å². The van der Waals surface area contributed by atoms with E-state index in [-0.39, 0.29) is 0 Å². The summed E-state index contributed by atoms with van der Waals surface area (Å²) in [5.74, 6) is 0.0661. The van der Waals surface area contributed by atoms with Crippen molar-refractivity contribution in [3.8, 4) is 6.07 Å². The smallest absolute Gasteiger partial charge is 0.146 e. The lowest BCUT2D eigenvalue weighted by Crippen LogP contribution is -2.08. The molecular weight excluding hydrogens is 274 g/mol. The first kappa shape index (κ1) is 12.6. The van der Waals surface area contributed by atoms with Crippen LogP contribution in [-0.4, -0.2) is 19.5 Å². The summed E-state index contributed by atoms with van der Waals surface area (Å²) in [6.45, 7) is 0. The summed E-state index contributed by atoms with van der Waals surface area (Å²) in [6, 6.07) is 11.6.